The van der Waals surface area contributed by atoms with E-state index >= 15 is 0 Å². The van der Waals surface area contributed by atoms with Gasteiger partial charge in [0.25, 0.3) is 5.91 Å². The molecule has 0 saturated carbocycles. The van der Waals surface area contributed by atoms with Crippen molar-refractivity contribution in [3.63, 3.8) is 0 Å². The number of amides is 1. The molecule has 1 unspecified atom stereocenters. The minimum absolute atomic E-state index is 0.0477. The molecule has 1 atom stereocenters. The predicted octanol–water partition coefficient (Wildman–Crippen LogP) is 4.80. The van der Waals surface area contributed by atoms with Crippen LogP contribution in [0, 0.1) is 0 Å². The molecule has 1 aliphatic rings. The maximum Gasteiger partial charge on any atom is 0.260 e. The van der Waals surface area contributed by atoms with Crippen LogP contribution in [0.2, 0.25) is 5.02 Å². The molecule has 0 N–H and O–H groups in total. The lowest BCUT2D eigenvalue weighted by Crippen LogP contribution is -2.37. The monoisotopic (exact) mass is 462 g/mol. The Hall–Kier alpha value is -2.55. The Morgan fingerprint density at radius 1 is 1.23 bits per heavy atom. The second-order valence-electron chi connectivity index (χ2n) is 7.05. The van der Waals surface area contributed by atoms with Crippen LogP contribution in [0.5, 0.6) is 17.2 Å². The van der Waals surface area contributed by atoms with Gasteiger partial charge >= 0.3 is 0 Å². The van der Waals surface area contributed by atoms with E-state index in [2.05, 4.69) is 4.98 Å². The summed E-state index contributed by atoms with van der Waals surface area (Å²) in [5.41, 5.74) is 1.08. The van der Waals surface area contributed by atoms with Gasteiger partial charge in [-0.2, -0.15) is 0 Å². The molecule has 1 aliphatic heterocycles. The molecule has 1 saturated heterocycles. The van der Waals surface area contributed by atoms with Gasteiger partial charge in [-0.05, 0) is 37.1 Å². The number of aromatic nitrogens is 1. The summed E-state index contributed by atoms with van der Waals surface area (Å²) in [5, 5.41) is 1.12. The number of benzene rings is 2. The molecule has 3 aromatic rings. The quantitative estimate of drug-likeness (QED) is 0.502. The van der Waals surface area contributed by atoms with Crippen LogP contribution >= 0.6 is 22.9 Å². The molecule has 1 amide bonds. The first-order valence-electron chi connectivity index (χ1n) is 9.84. The fraction of sp³-hybridized carbons (Fsp3) is 0.364. The molecule has 0 bridgehead atoms. The van der Waals surface area contributed by atoms with Gasteiger partial charge in [0.2, 0.25) is 5.75 Å². The number of fused-ring (bicyclic) bond motifs is 1. The van der Waals surface area contributed by atoms with Crippen molar-refractivity contribution in [2.24, 2.45) is 0 Å². The number of hydrogen-bond acceptors (Lipinski definition) is 7. The molecule has 0 radical (unpaired) electrons. The topological polar surface area (TPSA) is 70.1 Å². The van der Waals surface area contributed by atoms with Crippen molar-refractivity contribution in [2.45, 2.75) is 18.9 Å². The van der Waals surface area contributed by atoms with Gasteiger partial charge in [-0.1, -0.05) is 29.0 Å². The first-order valence-corrected chi connectivity index (χ1v) is 11.0. The molecule has 2 heterocycles. The number of carbonyl (C=O) groups is 1. The first kappa shape index (κ1) is 21.7. The minimum atomic E-state index is -0.232. The summed E-state index contributed by atoms with van der Waals surface area (Å²) in [6, 6.07) is 8.90. The Balaban J connectivity index is 1.77. The van der Waals surface area contributed by atoms with E-state index in [-0.39, 0.29) is 12.0 Å². The number of halogens is 1. The molecule has 0 aliphatic carbocycles. The highest BCUT2D eigenvalue weighted by molar-refractivity contribution is 7.22. The van der Waals surface area contributed by atoms with E-state index in [0.29, 0.717) is 51.6 Å². The van der Waals surface area contributed by atoms with Gasteiger partial charge in [-0.15, -0.1) is 0 Å². The Morgan fingerprint density at radius 2 is 1.97 bits per heavy atom. The van der Waals surface area contributed by atoms with Crippen LogP contribution in [-0.2, 0) is 4.74 Å². The SMILES string of the molecule is COc1cc(C(=O)N(CC2CCCO2)c2nc3c(Cl)cccc3s2)cc(OC)c1OC. The molecule has 0 spiro atoms. The Kier molecular flexibility index (Phi) is 6.50. The average molecular weight is 463 g/mol. The number of thiazole rings is 1. The normalized spacial score (nSPS) is 15.8. The third kappa shape index (κ3) is 4.28. The Labute approximate surface area is 189 Å². The Bertz CT molecular complexity index is 1070. The summed E-state index contributed by atoms with van der Waals surface area (Å²) in [4.78, 5) is 20.0. The maximum absolute atomic E-state index is 13.7. The van der Waals surface area contributed by atoms with E-state index in [1.165, 1.54) is 32.7 Å². The number of ether oxygens (including phenoxy) is 4. The number of hydrogen-bond donors (Lipinski definition) is 0. The maximum atomic E-state index is 13.7. The second-order valence-corrected chi connectivity index (χ2v) is 8.46. The molecule has 1 fully saturated rings. The van der Waals surface area contributed by atoms with Crippen LogP contribution in [-0.4, -0.2) is 51.5 Å². The molecule has 2 aromatic carbocycles. The summed E-state index contributed by atoms with van der Waals surface area (Å²) in [6.07, 6.45) is 1.82. The highest BCUT2D eigenvalue weighted by atomic mass is 35.5. The van der Waals surface area contributed by atoms with Gasteiger partial charge < -0.3 is 18.9 Å². The molecule has 7 nitrogen and oxygen atoms in total. The van der Waals surface area contributed by atoms with E-state index in [1.807, 2.05) is 12.1 Å². The smallest absolute Gasteiger partial charge is 0.260 e. The molecule has 164 valence electrons. The van der Waals surface area contributed by atoms with Crippen molar-refractivity contribution < 1.29 is 23.7 Å². The van der Waals surface area contributed by atoms with Crippen LogP contribution in [0.15, 0.2) is 30.3 Å². The van der Waals surface area contributed by atoms with E-state index in [4.69, 9.17) is 30.5 Å². The van der Waals surface area contributed by atoms with Crippen molar-refractivity contribution in [3.8, 4) is 17.2 Å². The van der Waals surface area contributed by atoms with Crippen molar-refractivity contribution in [3.05, 3.63) is 40.9 Å². The van der Waals surface area contributed by atoms with E-state index in [0.717, 1.165) is 17.5 Å². The van der Waals surface area contributed by atoms with Gasteiger partial charge in [0.1, 0.15) is 5.52 Å². The van der Waals surface area contributed by atoms with Gasteiger partial charge in [-0.25, -0.2) is 4.98 Å². The summed E-state index contributed by atoms with van der Waals surface area (Å²) >= 11 is 7.74. The van der Waals surface area contributed by atoms with E-state index in [1.54, 1.807) is 23.1 Å². The number of nitrogens with zero attached hydrogens (tertiary/aromatic N) is 2. The van der Waals surface area contributed by atoms with Gasteiger partial charge in [0.15, 0.2) is 16.6 Å². The number of carbonyl (C=O) groups excluding carboxylic acids is 1. The minimum Gasteiger partial charge on any atom is -0.493 e. The van der Waals surface area contributed by atoms with Crippen LogP contribution < -0.4 is 19.1 Å². The number of anilines is 1. The number of rotatable bonds is 7. The summed E-state index contributed by atoms with van der Waals surface area (Å²) in [7, 11) is 4.56. The van der Waals surface area contributed by atoms with Crippen LogP contribution in [0.1, 0.15) is 23.2 Å². The zero-order valence-electron chi connectivity index (χ0n) is 17.5. The summed E-state index contributed by atoms with van der Waals surface area (Å²) in [5.74, 6) is 1.02. The molecule has 1 aromatic heterocycles. The summed E-state index contributed by atoms with van der Waals surface area (Å²) < 4.78 is 22.9. The van der Waals surface area contributed by atoms with Crippen molar-refractivity contribution >= 4 is 44.2 Å². The lowest BCUT2D eigenvalue weighted by Gasteiger charge is -2.24. The highest BCUT2D eigenvalue weighted by Crippen LogP contribution is 2.40. The fourth-order valence-corrected chi connectivity index (χ4v) is 4.89. The lowest BCUT2D eigenvalue weighted by molar-refractivity contribution is 0.0917. The zero-order chi connectivity index (χ0) is 22.0. The van der Waals surface area contributed by atoms with Gasteiger partial charge in [0.05, 0.1) is 43.7 Å². The molecular weight excluding hydrogens is 440 g/mol. The fourth-order valence-electron chi connectivity index (χ4n) is 3.62. The predicted molar refractivity (Wildman–Crippen MR) is 121 cm³/mol. The van der Waals surface area contributed by atoms with Crippen LogP contribution in [0.4, 0.5) is 5.13 Å². The largest absolute Gasteiger partial charge is 0.493 e. The zero-order valence-corrected chi connectivity index (χ0v) is 19.1. The van der Waals surface area contributed by atoms with Crippen molar-refractivity contribution in [1.29, 1.82) is 0 Å². The third-order valence-corrected chi connectivity index (χ3v) is 6.50. The molecule has 9 heteroatoms. The van der Waals surface area contributed by atoms with Gasteiger partial charge in [-0.3, -0.25) is 9.69 Å². The third-order valence-electron chi connectivity index (χ3n) is 5.16. The average Bonchev–Trinajstić information content (AvgIpc) is 3.46. The standard InChI is InChI=1S/C22H23ClN2O5S/c1-27-16-10-13(11-17(28-2)20(16)29-3)21(26)25(12-14-6-5-9-30-14)22-24-19-15(23)7-4-8-18(19)31-22/h4,7-8,10-11,14H,5-6,9,12H2,1-3H3. The van der Waals surface area contributed by atoms with Crippen LogP contribution in [0.3, 0.4) is 0 Å². The molecule has 31 heavy (non-hydrogen) atoms. The van der Waals surface area contributed by atoms with Crippen molar-refractivity contribution in [2.75, 3.05) is 39.4 Å². The summed E-state index contributed by atoms with van der Waals surface area (Å²) in [6.45, 7) is 1.09. The van der Waals surface area contributed by atoms with Crippen molar-refractivity contribution in [1.82, 2.24) is 4.98 Å². The number of methoxy groups -OCH3 is 3. The van der Waals surface area contributed by atoms with Gasteiger partial charge in [0, 0.05) is 12.2 Å². The lowest BCUT2D eigenvalue weighted by atomic mass is 10.1. The second kappa shape index (κ2) is 9.30. The first-order chi connectivity index (χ1) is 15.0. The highest BCUT2D eigenvalue weighted by Gasteiger charge is 2.29. The number of para-hydroxylation sites is 1. The Morgan fingerprint density at radius 3 is 2.55 bits per heavy atom. The van der Waals surface area contributed by atoms with Crippen LogP contribution in [0.25, 0.3) is 10.2 Å². The van der Waals surface area contributed by atoms with E-state index in [9.17, 15) is 4.79 Å². The van der Waals surface area contributed by atoms with E-state index < -0.39 is 0 Å². The molecular formula is C22H23ClN2O5S. The molecule has 4 rings (SSSR count).